The minimum atomic E-state index is -0.0747. The van der Waals surface area contributed by atoms with Crippen LogP contribution in [0.3, 0.4) is 0 Å². The molecule has 0 radical (unpaired) electrons. The largest absolute Gasteiger partial charge is 0.368 e. The van der Waals surface area contributed by atoms with E-state index in [0.717, 1.165) is 16.7 Å². The smallest absolute Gasteiger partial charge is 0.251 e. The third-order valence-electron chi connectivity index (χ3n) is 3.20. The molecule has 0 atom stereocenters. The van der Waals surface area contributed by atoms with E-state index >= 15 is 0 Å². The third kappa shape index (κ3) is 3.20. The number of carbonyl (C=O) groups excluding carboxylic acids is 1. The van der Waals surface area contributed by atoms with Crippen molar-refractivity contribution in [3.05, 3.63) is 60.4 Å². The molecule has 0 aliphatic rings. The average molecular weight is 280 g/mol. The maximum atomic E-state index is 12.1. The van der Waals surface area contributed by atoms with E-state index in [9.17, 15) is 4.79 Å². The van der Waals surface area contributed by atoms with Crippen molar-refractivity contribution in [1.82, 2.24) is 15.3 Å². The molecule has 5 nitrogen and oxygen atoms in total. The van der Waals surface area contributed by atoms with Crippen LogP contribution in [0.2, 0.25) is 0 Å². The average Bonchev–Trinajstić information content (AvgIpc) is 3.00. The van der Waals surface area contributed by atoms with Crippen molar-refractivity contribution in [2.24, 2.45) is 0 Å². The molecule has 0 aliphatic heterocycles. The summed E-state index contributed by atoms with van der Waals surface area (Å²) in [6.45, 7) is 1.17. The summed E-state index contributed by atoms with van der Waals surface area (Å²) < 4.78 is 0. The van der Waals surface area contributed by atoms with Crippen molar-refractivity contribution in [3.63, 3.8) is 0 Å². The van der Waals surface area contributed by atoms with Crippen LogP contribution in [0, 0.1) is 0 Å². The molecule has 21 heavy (non-hydrogen) atoms. The van der Waals surface area contributed by atoms with Gasteiger partial charge in [-0.05, 0) is 35.7 Å². The van der Waals surface area contributed by atoms with Crippen molar-refractivity contribution in [3.8, 4) is 0 Å². The topological polar surface area (TPSA) is 69.8 Å². The van der Waals surface area contributed by atoms with E-state index in [4.69, 9.17) is 0 Å². The molecule has 0 unspecified atom stereocenters. The van der Waals surface area contributed by atoms with Crippen LogP contribution in [0.1, 0.15) is 10.4 Å². The fourth-order valence-electron chi connectivity index (χ4n) is 2.13. The summed E-state index contributed by atoms with van der Waals surface area (Å²) in [7, 11) is 0. The molecule has 3 rings (SSSR count). The number of hydrogen-bond donors (Lipinski definition) is 3. The Kier molecular flexibility index (Phi) is 3.82. The zero-order valence-electron chi connectivity index (χ0n) is 11.5. The minimum absolute atomic E-state index is 0.0747. The number of carbonyl (C=O) groups is 1. The Morgan fingerprint density at radius 3 is 2.95 bits per heavy atom. The van der Waals surface area contributed by atoms with Crippen molar-refractivity contribution in [2.45, 2.75) is 0 Å². The molecule has 0 saturated carbocycles. The minimum Gasteiger partial charge on any atom is -0.368 e. The van der Waals surface area contributed by atoms with E-state index in [1.807, 2.05) is 48.7 Å². The Hall–Kier alpha value is -2.82. The molecule has 0 bridgehead atoms. The number of anilines is 1. The molecular weight excluding hydrogens is 264 g/mol. The molecule has 0 aliphatic carbocycles. The second-order valence-electron chi connectivity index (χ2n) is 4.68. The van der Waals surface area contributed by atoms with E-state index in [1.165, 1.54) is 0 Å². The molecule has 2 aromatic heterocycles. The van der Waals surface area contributed by atoms with Gasteiger partial charge in [-0.2, -0.15) is 0 Å². The Balaban J connectivity index is 1.52. The number of pyridine rings is 1. The number of aromatic nitrogens is 2. The van der Waals surface area contributed by atoms with Gasteiger partial charge in [0, 0.05) is 36.6 Å². The lowest BCUT2D eigenvalue weighted by atomic mass is 10.1. The first-order valence-corrected chi connectivity index (χ1v) is 6.83. The molecule has 106 valence electrons. The Bertz CT molecular complexity index is 736. The normalized spacial score (nSPS) is 10.5. The van der Waals surface area contributed by atoms with E-state index < -0.39 is 0 Å². The van der Waals surface area contributed by atoms with Crippen molar-refractivity contribution in [2.75, 3.05) is 18.4 Å². The zero-order valence-corrected chi connectivity index (χ0v) is 11.5. The monoisotopic (exact) mass is 280 g/mol. The van der Waals surface area contributed by atoms with Crippen LogP contribution in [0.15, 0.2) is 54.9 Å². The molecule has 0 saturated heterocycles. The van der Waals surface area contributed by atoms with Gasteiger partial charge in [-0.15, -0.1) is 0 Å². The predicted octanol–water partition coefficient (Wildman–Crippen LogP) is 2.40. The van der Waals surface area contributed by atoms with Crippen LogP contribution >= 0.6 is 0 Å². The molecule has 3 N–H and O–H groups in total. The summed E-state index contributed by atoms with van der Waals surface area (Å²) in [5.41, 5.74) is 1.62. The summed E-state index contributed by atoms with van der Waals surface area (Å²) in [5.74, 6) is 0.730. The van der Waals surface area contributed by atoms with E-state index in [2.05, 4.69) is 20.6 Å². The van der Waals surface area contributed by atoms with Crippen LogP contribution in [-0.2, 0) is 0 Å². The number of rotatable bonds is 5. The maximum absolute atomic E-state index is 12.1. The number of benzene rings is 1. The first kappa shape index (κ1) is 13.2. The van der Waals surface area contributed by atoms with Crippen LogP contribution < -0.4 is 10.6 Å². The number of fused-ring (bicyclic) bond motifs is 1. The standard InChI is InChI=1S/C16H16N4O/c21-16(13-5-4-12-6-8-17-14(12)11-13)20-10-9-19-15-3-1-2-7-18-15/h1-8,11,17H,9-10H2,(H,18,19)(H,20,21). The van der Waals surface area contributed by atoms with Gasteiger partial charge in [-0.1, -0.05) is 12.1 Å². The number of nitrogens with one attached hydrogen (secondary N) is 3. The van der Waals surface area contributed by atoms with Crippen LogP contribution in [0.4, 0.5) is 5.82 Å². The number of aromatic amines is 1. The molecule has 1 aromatic carbocycles. The maximum Gasteiger partial charge on any atom is 0.251 e. The Morgan fingerprint density at radius 2 is 2.10 bits per heavy atom. The lowest BCUT2D eigenvalue weighted by Gasteiger charge is -2.07. The molecular formula is C16H16N4O. The van der Waals surface area contributed by atoms with Gasteiger partial charge < -0.3 is 15.6 Å². The van der Waals surface area contributed by atoms with Gasteiger partial charge in [0.15, 0.2) is 0 Å². The SMILES string of the molecule is O=C(NCCNc1ccccn1)c1ccc2cc[nH]c2c1. The predicted molar refractivity (Wildman–Crippen MR) is 83.4 cm³/mol. The van der Waals surface area contributed by atoms with Crippen molar-refractivity contribution in [1.29, 1.82) is 0 Å². The Morgan fingerprint density at radius 1 is 1.14 bits per heavy atom. The van der Waals surface area contributed by atoms with E-state index in [-0.39, 0.29) is 5.91 Å². The molecule has 3 aromatic rings. The van der Waals surface area contributed by atoms with Gasteiger partial charge in [0.25, 0.3) is 5.91 Å². The van der Waals surface area contributed by atoms with Crippen LogP contribution in [0.5, 0.6) is 0 Å². The van der Waals surface area contributed by atoms with Gasteiger partial charge in [0.05, 0.1) is 0 Å². The lowest BCUT2D eigenvalue weighted by molar-refractivity contribution is 0.0955. The van der Waals surface area contributed by atoms with Gasteiger partial charge in [0.1, 0.15) is 5.82 Å². The third-order valence-corrected chi connectivity index (χ3v) is 3.20. The fourth-order valence-corrected chi connectivity index (χ4v) is 2.13. The first-order chi connectivity index (χ1) is 10.3. The molecule has 5 heteroatoms. The van der Waals surface area contributed by atoms with Gasteiger partial charge in [-0.3, -0.25) is 4.79 Å². The number of nitrogens with zero attached hydrogens (tertiary/aromatic N) is 1. The lowest BCUT2D eigenvalue weighted by Crippen LogP contribution is -2.28. The van der Waals surface area contributed by atoms with Crippen LogP contribution in [-0.4, -0.2) is 29.0 Å². The summed E-state index contributed by atoms with van der Waals surface area (Å²) in [6, 6.07) is 13.3. The zero-order chi connectivity index (χ0) is 14.5. The van der Waals surface area contributed by atoms with Crippen LogP contribution in [0.25, 0.3) is 10.9 Å². The van der Waals surface area contributed by atoms with E-state index in [0.29, 0.717) is 18.7 Å². The number of hydrogen-bond acceptors (Lipinski definition) is 3. The van der Waals surface area contributed by atoms with Crippen molar-refractivity contribution < 1.29 is 4.79 Å². The molecule has 1 amide bonds. The molecule has 2 heterocycles. The summed E-state index contributed by atoms with van der Waals surface area (Å²) in [4.78, 5) is 19.3. The number of H-pyrrole nitrogens is 1. The molecule has 0 spiro atoms. The van der Waals surface area contributed by atoms with Gasteiger partial charge >= 0.3 is 0 Å². The van der Waals surface area contributed by atoms with Gasteiger partial charge in [-0.25, -0.2) is 4.98 Å². The summed E-state index contributed by atoms with van der Waals surface area (Å²) >= 11 is 0. The van der Waals surface area contributed by atoms with Crippen molar-refractivity contribution >= 4 is 22.6 Å². The highest BCUT2D eigenvalue weighted by atomic mass is 16.1. The second-order valence-corrected chi connectivity index (χ2v) is 4.68. The second kappa shape index (κ2) is 6.09. The first-order valence-electron chi connectivity index (χ1n) is 6.83. The highest BCUT2D eigenvalue weighted by Crippen LogP contribution is 2.13. The number of amides is 1. The summed E-state index contributed by atoms with van der Waals surface area (Å²) in [6.07, 6.45) is 3.59. The quantitative estimate of drug-likeness (QED) is 0.629. The fraction of sp³-hybridized carbons (Fsp3) is 0.125. The van der Waals surface area contributed by atoms with E-state index in [1.54, 1.807) is 6.20 Å². The molecule has 0 fully saturated rings. The Labute approximate surface area is 122 Å². The summed E-state index contributed by atoms with van der Waals surface area (Å²) in [5, 5.41) is 7.13. The highest BCUT2D eigenvalue weighted by molar-refractivity contribution is 5.97. The highest BCUT2D eigenvalue weighted by Gasteiger charge is 2.05. The van der Waals surface area contributed by atoms with Gasteiger partial charge in [0.2, 0.25) is 0 Å².